The van der Waals surface area contributed by atoms with E-state index in [0.717, 1.165) is 0 Å². The number of halogens is 1. The van der Waals surface area contributed by atoms with Gasteiger partial charge >= 0.3 is 0 Å². The Morgan fingerprint density at radius 1 is 1.43 bits per heavy atom. The third-order valence-corrected chi connectivity index (χ3v) is 2.06. The van der Waals surface area contributed by atoms with E-state index >= 15 is 0 Å². The second-order valence-corrected chi connectivity index (χ2v) is 3.01. The van der Waals surface area contributed by atoms with E-state index in [4.69, 9.17) is 22.6 Å². The number of fused-ring (bicyclic) bond motifs is 1. The maximum atomic E-state index is 8.72. The number of aryl methyl sites for hydroxylation is 1. The second kappa shape index (κ2) is 2.82. The molecule has 2 N–H and O–H groups in total. The average Bonchev–Trinajstić information content (AvgIpc) is 2.44. The molecule has 14 heavy (non-hydrogen) atoms. The molecule has 0 aliphatic rings. The van der Waals surface area contributed by atoms with Crippen LogP contribution in [0.15, 0.2) is 0 Å². The molecule has 2 heterocycles. The van der Waals surface area contributed by atoms with Crippen molar-refractivity contribution in [3.63, 3.8) is 0 Å². The van der Waals surface area contributed by atoms with E-state index < -0.39 is 0 Å². The van der Waals surface area contributed by atoms with E-state index in [1.165, 1.54) is 4.57 Å². The molecule has 0 spiro atoms. The van der Waals surface area contributed by atoms with Crippen LogP contribution in [-0.4, -0.2) is 19.5 Å². The van der Waals surface area contributed by atoms with E-state index in [2.05, 4.69) is 15.0 Å². The quantitative estimate of drug-likeness (QED) is 0.636. The molecule has 0 aromatic carbocycles. The van der Waals surface area contributed by atoms with Crippen molar-refractivity contribution in [2.45, 2.75) is 0 Å². The first-order valence-corrected chi connectivity index (χ1v) is 4.07. The summed E-state index contributed by atoms with van der Waals surface area (Å²) in [5.41, 5.74) is 6.26. The largest absolute Gasteiger partial charge is 0.368 e. The maximum Gasteiger partial charge on any atom is 0.223 e. The van der Waals surface area contributed by atoms with E-state index in [-0.39, 0.29) is 16.9 Å². The predicted octanol–water partition coefficient (Wildman–Crippen LogP) is 0.471. The minimum absolute atomic E-state index is 0.0648. The van der Waals surface area contributed by atoms with Gasteiger partial charge in [-0.15, -0.1) is 0 Å². The number of aromatic nitrogens is 4. The molecule has 0 unspecified atom stereocenters. The summed E-state index contributed by atoms with van der Waals surface area (Å²) in [4.78, 5) is 11.6. The Bertz CT molecular complexity index is 551. The van der Waals surface area contributed by atoms with Gasteiger partial charge in [0.25, 0.3) is 0 Å². The van der Waals surface area contributed by atoms with Crippen LogP contribution >= 0.6 is 11.6 Å². The number of nitrogen functional groups attached to an aromatic ring is 1. The maximum absolute atomic E-state index is 8.72. The third kappa shape index (κ3) is 1.07. The summed E-state index contributed by atoms with van der Waals surface area (Å²) in [6.07, 6.45) is 0. The standard InChI is InChI=1S/C7H5ClN6/c1-14-3(2-9)11-4-5(8)12-7(10)13-6(4)14/h1H3,(H2,10,12,13). The molecule has 7 heteroatoms. The van der Waals surface area contributed by atoms with Crippen molar-refractivity contribution in [2.75, 3.05) is 5.73 Å². The summed E-state index contributed by atoms with van der Waals surface area (Å²) in [7, 11) is 1.66. The monoisotopic (exact) mass is 208 g/mol. The van der Waals surface area contributed by atoms with Crippen LogP contribution in [0.25, 0.3) is 11.2 Å². The normalized spacial score (nSPS) is 10.4. The zero-order valence-corrected chi connectivity index (χ0v) is 7.95. The topological polar surface area (TPSA) is 93.4 Å². The van der Waals surface area contributed by atoms with Gasteiger partial charge < -0.3 is 10.3 Å². The van der Waals surface area contributed by atoms with Crippen LogP contribution in [0.3, 0.4) is 0 Å². The fourth-order valence-electron chi connectivity index (χ4n) is 1.14. The molecule has 2 aromatic heterocycles. The van der Waals surface area contributed by atoms with E-state index in [9.17, 15) is 0 Å². The molecule has 2 aromatic rings. The van der Waals surface area contributed by atoms with Gasteiger partial charge in [-0.25, -0.2) is 4.98 Å². The fourth-order valence-corrected chi connectivity index (χ4v) is 1.36. The number of anilines is 1. The van der Waals surface area contributed by atoms with Crippen molar-refractivity contribution < 1.29 is 0 Å². The summed E-state index contributed by atoms with van der Waals surface area (Å²) < 4.78 is 1.51. The summed E-state index contributed by atoms with van der Waals surface area (Å²) >= 11 is 5.79. The fraction of sp³-hybridized carbons (Fsp3) is 0.143. The Kier molecular flexibility index (Phi) is 1.75. The van der Waals surface area contributed by atoms with Crippen molar-refractivity contribution >= 4 is 28.7 Å². The number of nitrogens with zero attached hydrogens (tertiary/aromatic N) is 5. The zero-order chi connectivity index (χ0) is 10.3. The lowest BCUT2D eigenvalue weighted by Crippen LogP contribution is -1.98. The summed E-state index contributed by atoms with van der Waals surface area (Å²) in [5, 5.41) is 8.88. The first-order chi connectivity index (χ1) is 6.63. The van der Waals surface area contributed by atoms with Crippen LogP contribution in [0.5, 0.6) is 0 Å². The molecule has 0 bridgehead atoms. The molecule has 0 radical (unpaired) electrons. The minimum atomic E-state index is 0.0648. The average molecular weight is 209 g/mol. The highest BCUT2D eigenvalue weighted by atomic mass is 35.5. The SMILES string of the molecule is Cn1c(C#N)nc2c(Cl)nc(N)nc21. The number of rotatable bonds is 0. The lowest BCUT2D eigenvalue weighted by molar-refractivity contribution is 0.905. The van der Waals surface area contributed by atoms with Crippen molar-refractivity contribution in [2.24, 2.45) is 7.05 Å². The van der Waals surface area contributed by atoms with Crippen LogP contribution in [0.4, 0.5) is 5.95 Å². The lowest BCUT2D eigenvalue weighted by Gasteiger charge is -1.96. The van der Waals surface area contributed by atoms with Crippen LogP contribution in [0.1, 0.15) is 5.82 Å². The summed E-state index contributed by atoms with van der Waals surface area (Å²) in [6, 6.07) is 1.92. The molecule has 6 nitrogen and oxygen atoms in total. The predicted molar refractivity (Wildman–Crippen MR) is 50.4 cm³/mol. The first kappa shape index (κ1) is 8.72. The van der Waals surface area contributed by atoms with Gasteiger partial charge in [-0.05, 0) is 0 Å². The molecule has 0 saturated carbocycles. The van der Waals surface area contributed by atoms with Gasteiger partial charge in [-0.2, -0.15) is 15.2 Å². The highest BCUT2D eigenvalue weighted by molar-refractivity contribution is 6.33. The highest BCUT2D eigenvalue weighted by Crippen LogP contribution is 2.20. The van der Waals surface area contributed by atoms with Gasteiger partial charge in [0.15, 0.2) is 10.8 Å². The zero-order valence-electron chi connectivity index (χ0n) is 7.19. The Balaban J connectivity index is 2.94. The van der Waals surface area contributed by atoms with Crippen molar-refractivity contribution in [3.05, 3.63) is 11.0 Å². The van der Waals surface area contributed by atoms with Gasteiger partial charge in [0.2, 0.25) is 11.8 Å². The van der Waals surface area contributed by atoms with Crippen LogP contribution < -0.4 is 5.73 Å². The summed E-state index contributed by atoms with van der Waals surface area (Å²) in [6.45, 7) is 0. The Morgan fingerprint density at radius 3 is 2.79 bits per heavy atom. The molecule has 2 rings (SSSR count). The molecule has 70 valence electrons. The Morgan fingerprint density at radius 2 is 2.14 bits per heavy atom. The lowest BCUT2D eigenvalue weighted by atomic mass is 10.5. The van der Waals surface area contributed by atoms with Crippen LogP contribution in [0, 0.1) is 11.3 Å². The van der Waals surface area contributed by atoms with Gasteiger partial charge in [0.1, 0.15) is 11.6 Å². The van der Waals surface area contributed by atoms with Gasteiger partial charge in [-0.3, -0.25) is 0 Å². The van der Waals surface area contributed by atoms with Gasteiger partial charge in [0.05, 0.1) is 0 Å². The molecule has 0 saturated heterocycles. The molecule has 0 atom stereocenters. The molecule has 0 fully saturated rings. The Hall–Kier alpha value is -1.87. The minimum Gasteiger partial charge on any atom is -0.368 e. The Labute approximate surface area is 84.0 Å². The van der Waals surface area contributed by atoms with Crippen molar-refractivity contribution in [1.82, 2.24) is 19.5 Å². The first-order valence-electron chi connectivity index (χ1n) is 3.69. The second-order valence-electron chi connectivity index (χ2n) is 2.65. The van der Waals surface area contributed by atoms with Crippen molar-refractivity contribution in [3.8, 4) is 6.07 Å². The molecular weight excluding hydrogens is 204 g/mol. The molecule has 0 aliphatic carbocycles. The van der Waals surface area contributed by atoms with E-state index in [1.54, 1.807) is 7.05 Å². The number of imidazole rings is 1. The van der Waals surface area contributed by atoms with Crippen LogP contribution in [-0.2, 0) is 7.05 Å². The van der Waals surface area contributed by atoms with E-state index in [1.807, 2.05) is 6.07 Å². The molecule has 0 amide bonds. The molecule has 0 aliphatic heterocycles. The smallest absolute Gasteiger partial charge is 0.223 e. The summed E-state index contributed by atoms with van der Waals surface area (Å²) in [5.74, 6) is 0.289. The number of hydrogen-bond donors (Lipinski definition) is 1. The van der Waals surface area contributed by atoms with Crippen molar-refractivity contribution in [1.29, 1.82) is 5.26 Å². The highest BCUT2D eigenvalue weighted by Gasteiger charge is 2.13. The number of nitrogens with two attached hydrogens (primary N) is 1. The number of hydrogen-bond acceptors (Lipinski definition) is 5. The van der Waals surface area contributed by atoms with Gasteiger partial charge in [-0.1, -0.05) is 11.6 Å². The third-order valence-electron chi connectivity index (χ3n) is 1.79. The van der Waals surface area contributed by atoms with Crippen LogP contribution in [0.2, 0.25) is 5.15 Å². The molecular formula is C7H5ClN6. The van der Waals surface area contributed by atoms with E-state index in [0.29, 0.717) is 11.2 Å². The van der Waals surface area contributed by atoms with Gasteiger partial charge in [0, 0.05) is 7.05 Å². The number of nitriles is 1.